The van der Waals surface area contributed by atoms with E-state index in [2.05, 4.69) is 0 Å². The van der Waals surface area contributed by atoms with Crippen molar-refractivity contribution in [1.82, 2.24) is 0 Å². The molecule has 0 amide bonds. The summed E-state index contributed by atoms with van der Waals surface area (Å²) in [5.74, 6) is -2.53. The van der Waals surface area contributed by atoms with Gasteiger partial charge >= 0.3 is 0 Å². The summed E-state index contributed by atoms with van der Waals surface area (Å²) < 4.78 is 26.4. The van der Waals surface area contributed by atoms with Crippen molar-refractivity contribution in [3.8, 4) is 0 Å². The molecule has 0 aliphatic carbocycles. The third kappa shape index (κ3) is 3.02. The van der Waals surface area contributed by atoms with Crippen LogP contribution < -0.4 is 4.90 Å². The van der Waals surface area contributed by atoms with Gasteiger partial charge in [-0.1, -0.05) is 0 Å². The van der Waals surface area contributed by atoms with Gasteiger partial charge in [0.2, 0.25) is 5.92 Å². The van der Waals surface area contributed by atoms with Crippen LogP contribution in [0.15, 0.2) is 24.3 Å². The van der Waals surface area contributed by atoms with Crippen molar-refractivity contribution in [1.29, 1.82) is 0 Å². The van der Waals surface area contributed by atoms with E-state index in [-0.39, 0.29) is 12.8 Å². The Morgan fingerprint density at radius 3 is 2.47 bits per heavy atom. The molecule has 1 aliphatic heterocycles. The second-order valence-corrected chi connectivity index (χ2v) is 4.41. The Bertz CT molecular complexity index is 389. The van der Waals surface area contributed by atoms with E-state index in [1.54, 1.807) is 12.1 Å². The van der Waals surface area contributed by atoms with Crippen LogP contribution in [0.5, 0.6) is 0 Å². The zero-order valence-electron chi connectivity index (χ0n) is 9.53. The molecule has 0 saturated carbocycles. The van der Waals surface area contributed by atoms with Gasteiger partial charge in [-0.3, -0.25) is 4.79 Å². The SMILES string of the molecule is O=Cc1ccc(N2CCCC(F)(F)CC2)cc1. The van der Waals surface area contributed by atoms with Crippen LogP contribution in [0.2, 0.25) is 0 Å². The smallest absolute Gasteiger partial charge is 0.249 e. The normalized spacial score (nSPS) is 19.8. The second-order valence-electron chi connectivity index (χ2n) is 4.41. The Hall–Kier alpha value is -1.45. The van der Waals surface area contributed by atoms with E-state index in [4.69, 9.17) is 0 Å². The zero-order valence-corrected chi connectivity index (χ0v) is 9.53. The number of aldehydes is 1. The van der Waals surface area contributed by atoms with Crippen molar-refractivity contribution >= 4 is 12.0 Å². The Kier molecular flexibility index (Phi) is 3.41. The topological polar surface area (TPSA) is 20.3 Å². The third-order valence-electron chi connectivity index (χ3n) is 3.11. The lowest BCUT2D eigenvalue weighted by Crippen LogP contribution is -2.25. The summed E-state index contributed by atoms with van der Waals surface area (Å²) in [5.41, 5.74) is 1.52. The average molecular weight is 239 g/mol. The van der Waals surface area contributed by atoms with Gasteiger partial charge in [-0.25, -0.2) is 8.78 Å². The summed E-state index contributed by atoms with van der Waals surface area (Å²) in [4.78, 5) is 12.5. The Morgan fingerprint density at radius 2 is 1.82 bits per heavy atom. The fraction of sp³-hybridized carbons (Fsp3) is 0.462. The summed E-state index contributed by atoms with van der Waals surface area (Å²) in [6.07, 6.45) is 1.15. The van der Waals surface area contributed by atoms with Gasteiger partial charge in [0.15, 0.2) is 0 Å². The van der Waals surface area contributed by atoms with E-state index in [1.807, 2.05) is 17.0 Å². The molecule has 4 heteroatoms. The van der Waals surface area contributed by atoms with Crippen LogP contribution in [0.3, 0.4) is 0 Å². The summed E-state index contributed by atoms with van der Waals surface area (Å²) in [6, 6.07) is 7.05. The molecular weight excluding hydrogens is 224 g/mol. The fourth-order valence-corrected chi connectivity index (χ4v) is 2.09. The van der Waals surface area contributed by atoms with E-state index in [1.165, 1.54) is 0 Å². The lowest BCUT2D eigenvalue weighted by Gasteiger charge is -2.22. The molecule has 0 unspecified atom stereocenters. The number of halogens is 2. The molecule has 1 heterocycles. The fourth-order valence-electron chi connectivity index (χ4n) is 2.09. The van der Waals surface area contributed by atoms with Gasteiger partial charge in [-0.05, 0) is 30.7 Å². The van der Waals surface area contributed by atoms with Crippen LogP contribution in [0.4, 0.5) is 14.5 Å². The first-order valence-corrected chi connectivity index (χ1v) is 5.79. The van der Waals surface area contributed by atoms with Crippen LogP contribution in [0.25, 0.3) is 0 Å². The molecule has 1 saturated heterocycles. The van der Waals surface area contributed by atoms with Gasteiger partial charge < -0.3 is 4.90 Å². The highest BCUT2D eigenvalue weighted by molar-refractivity contribution is 5.75. The van der Waals surface area contributed by atoms with Gasteiger partial charge in [0.1, 0.15) is 6.29 Å². The van der Waals surface area contributed by atoms with Crippen LogP contribution in [0, 0.1) is 0 Å². The molecule has 1 aromatic rings. The molecule has 2 rings (SSSR count). The van der Waals surface area contributed by atoms with Gasteiger partial charge in [0.05, 0.1) is 0 Å². The van der Waals surface area contributed by atoms with Crippen molar-refractivity contribution in [3.05, 3.63) is 29.8 Å². The molecule has 2 nitrogen and oxygen atoms in total. The molecule has 1 aromatic carbocycles. The summed E-state index contributed by atoms with van der Waals surface area (Å²) >= 11 is 0. The maximum atomic E-state index is 13.2. The standard InChI is InChI=1S/C13H15F2NO/c14-13(15)6-1-8-16(9-7-13)12-4-2-11(10-17)3-5-12/h2-5,10H,1,6-9H2. The van der Waals surface area contributed by atoms with Crippen LogP contribution in [0.1, 0.15) is 29.6 Å². The van der Waals surface area contributed by atoms with Crippen LogP contribution >= 0.6 is 0 Å². The average Bonchev–Trinajstić information content (AvgIpc) is 2.50. The maximum Gasteiger partial charge on any atom is 0.249 e. The quantitative estimate of drug-likeness (QED) is 0.739. The Labute approximate surface area is 99.2 Å². The molecule has 0 N–H and O–H groups in total. The summed E-state index contributed by atoms with van der Waals surface area (Å²) in [5, 5.41) is 0. The number of nitrogens with zero attached hydrogens (tertiary/aromatic N) is 1. The number of alkyl halides is 2. The molecule has 92 valence electrons. The number of hydrogen-bond donors (Lipinski definition) is 0. The van der Waals surface area contributed by atoms with E-state index in [9.17, 15) is 13.6 Å². The molecule has 0 bridgehead atoms. The van der Waals surface area contributed by atoms with Gasteiger partial charge in [0.25, 0.3) is 0 Å². The summed E-state index contributed by atoms with van der Waals surface area (Å²) in [7, 11) is 0. The molecule has 17 heavy (non-hydrogen) atoms. The molecule has 0 spiro atoms. The molecular formula is C13H15F2NO. The minimum absolute atomic E-state index is 0.0318. The molecule has 0 aromatic heterocycles. The third-order valence-corrected chi connectivity index (χ3v) is 3.11. The van der Waals surface area contributed by atoms with E-state index >= 15 is 0 Å². The number of hydrogen-bond acceptors (Lipinski definition) is 2. The van der Waals surface area contributed by atoms with Gasteiger partial charge in [0, 0.05) is 37.2 Å². The minimum Gasteiger partial charge on any atom is -0.371 e. The molecule has 1 aliphatic rings. The number of carbonyl (C=O) groups is 1. The first kappa shape index (κ1) is 12.0. The molecule has 0 radical (unpaired) electrons. The van der Waals surface area contributed by atoms with E-state index in [0.29, 0.717) is 25.1 Å². The molecule has 1 fully saturated rings. The first-order valence-electron chi connectivity index (χ1n) is 5.79. The van der Waals surface area contributed by atoms with E-state index < -0.39 is 5.92 Å². The maximum absolute atomic E-state index is 13.2. The largest absolute Gasteiger partial charge is 0.371 e. The number of benzene rings is 1. The highest BCUT2D eigenvalue weighted by atomic mass is 19.3. The summed E-state index contributed by atoms with van der Waals surface area (Å²) in [6.45, 7) is 1.02. The van der Waals surface area contributed by atoms with Crippen molar-refractivity contribution in [2.24, 2.45) is 0 Å². The highest BCUT2D eigenvalue weighted by Gasteiger charge is 2.31. The molecule has 0 atom stereocenters. The highest BCUT2D eigenvalue weighted by Crippen LogP contribution is 2.29. The number of anilines is 1. The lowest BCUT2D eigenvalue weighted by molar-refractivity contribution is -0.0102. The van der Waals surface area contributed by atoms with E-state index in [0.717, 1.165) is 12.0 Å². The predicted molar refractivity (Wildman–Crippen MR) is 62.8 cm³/mol. The minimum atomic E-state index is -2.53. The Balaban J connectivity index is 2.08. The van der Waals surface area contributed by atoms with Crippen molar-refractivity contribution < 1.29 is 13.6 Å². The van der Waals surface area contributed by atoms with Gasteiger partial charge in [-0.15, -0.1) is 0 Å². The predicted octanol–water partition coefficient (Wildman–Crippen LogP) is 3.12. The Morgan fingerprint density at radius 1 is 1.12 bits per heavy atom. The lowest BCUT2D eigenvalue weighted by atomic mass is 10.1. The van der Waals surface area contributed by atoms with Crippen LogP contribution in [-0.4, -0.2) is 25.3 Å². The monoisotopic (exact) mass is 239 g/mol. The van der Waals surface area contributed by atoms with Crippen LogP contribution in [-0.2, 0) is 0 Å². The number of carbonyl (C=O) groups excluding carboxylic acids is 1. The first-order chi connectivity index (χ1) is 8.11. The van der Waals surface area contributed by atoms with Crippen molar-refractivity contribution in [2.75, 3.05) is 18.0 Å². The van der Waals surface area contributed by atoms with Gasteiger partial charge in [-0.2, -0.15) is 0 Å². The number of rotatable bonds is 2. The second kappa shape index (κ2) is 4.82. The zero-order chi connectivity index (χ0) is 12.3. The van der Waals surface area contributed by atoms with Crippen molar-refractivity contribution in [2.45, 2.75) is 25.2 Å². The van der Waals surface area contributed by atoms with Crippen molar-refractivity contribution in [3.63, 3.8) is 0 Å².